The summed E-state index contributed by atoms with van der Waals surface area (Å²) in [5.74, 6) is 0. The van der Waals surface area contributed by atoms with Crippen molar-refractivity contribution in [3.63, 3.8) is 0 Å². The predicted octanol–water partition coefficient (Wildman–Crippen LogP) is 2.88. The van der Waals surface area contributed by atoms with Gasteiger partial charge in [0.2, 0.25) is 0 Å². The Bertz CT molecular complexity index is 303. The van der Waals surface area contributed by atoms with Crippen LogP contribution in [0.25, 0.3) is 0 Å². The molecule has 0 radical (unpaired) electrons. The molecule has 0 spiro atoms. The van der Waals surface area contributed by atoms with Gasteiger partial charge < -0.3 is 10.5 Å². The van der Waals surface area contributed by atoms with E-state index in [0.717, 1.165) is 32.7 Å². The van der Waals surface area contributed by atoms with Gasteiger partial charge in [-0.25, -0.2) is 0 Å². The third kappa shape index (κ3) is 4.35. The maximum atomic E-state index is 6.31. The molecule has 18 heavy (non-hydrogen) atoms. The fourth-order valence-electron chi connectivity index (χ4n) is 2.16. The van der Waals surface area contributed by atoms with E-state index in [9.17, 15) is 0 Å². The van der Waals surface area contributed by atoms with E-state index in [4.69, 9.17) is 10.5 Å². The summed E-state index contributed by atoms with van der Waals surface area (Å²) < 4.78 is 5.47. The van der Waals surface area contributed by atoms with Crippen LogP contribution in [0.15, 0.2) is 17.5 Å². The molecule has 0 aromatic carbocycles. The summed E-state index contributed by atoms with van der Waals surface area (Å²) in [5.41, 5.74) is 6.31. The number of likely N-dealkylation sites (N-methyl/N-ethyl adjacent to an activating group) is 1. The van der Waals surface area contributed by atoms with E-state index in [0.29, 0.717) is 6.04 Å². The standard InChI is InChI=1S/C14H26N2OS/c1-4-12(15)14(13-8-7-11-18-13)16(5-2)9-10-17-6-3/h7-8,11-12,14H,4-6,9-10,15H2,1-3H3. The number of thiophene rings is 1. The Balaban J connectivity index is 2.73. The van der Waals surface area contributed by atoms with Crippen LogP contribution >= 0.6 is 11.3 Å². The summed E-state index contributed by atoms with van der Waals surface area (Å²) in [5, 5.41) is 2.13. The van der Waals surface area contributed by atoms with Crippen molar-refractivity contribution < 1.29 is 4.74 Å². The van der Waals surface area contributed by atoms with Crippen molar-refractivity contribution >= 4 is 11.3 Å². The summed E-state index contributed by atoms with van der Waals surface area (Å²) in [4.78, 5) is 3.79. The van der Waals surface area contributed by atoms with Crippen LogP contribution in [0.1, 0.15) is 38.1 Å². The maximum absolute atomic E-state index is 6.31. The van der Waals surface area contributed by atoms with Crippen molar-refractivity contribution in [3.8, 4) is 0 Å². The lowest BCUT2D eigenvalue weighted by molar-refractivity contribution is 0.0898. The molecule has 0 aliphatic heterocycles. The van der Waals surface area contributed by atoms with Gasteiger partial charge in [0, 0.05) is 24.1 Å². The number of rotatable bonds is 9. The van der Waals surface area contributed by atoms with E-state index in [1.807, 2.05) is 6.92 Å². The van der Waals surface area contributed by atoms with E-state index in [2.05, 4.69) is 36.3 Å². The Morgan fingerprint density at radius 1 is 1.39 bits per heavy atom. The van der Waals surface area contributed by atoms with Crippen molar-refractivity contribution in [1.29, 1.82) is 0 Å². The van der Waals surface area contributed by atoms with Crippen LogP contribution in [0.4, 0.5) is 0 Å². The molecule has 0 fully saturated rings. The van der Waals surface area contributed by atoms with Crippen molar-refractivity contribution in [2.75, 3.05) is 26.3 Å². The van der Waals surface area contributed by atoms with Gasteiger partial charge in [-0.1, -0.05) is 19.9 Å². The highest BCUT2D eigenvalue weighted by Crippen LogP contribution is 2.28. The lowest BCUT2D eigenvalue weighted by Gasteiger charge is -2.33. The first-order valence-electron chi connectivity index (χ1n) is 6.85. The Kier molecular flexibility index (Phi) is 7.51. The molecule has 0 bridgehead atoms. The topological polar surface area (TPSA) is 38.5 Å². The predicted molar refractivity (Wildman–Crippen MR) is 79.1 cm³/mol. The summed E-state index contributed by atoms with van der Waals surface area (Å²) in [6.07, 6.45) is 0.994. The molecule has 0 saturated carbocycles. The van der Waals surface area contributed by atoms with Gasteiger partial charge in [0.25, 0.3) is 0 Å². The number of ether oxygens (including phenoxy) is 1. The number of hydrogen-bond donors (Lipinski definition) is 1. The van der Waals surface area contributed by atoms with E-state index in [1.165, 1.54) is 4.88 Å². The third-order valence-corrected chi connectivity index (χ3v) is 4.18. The van der Waals surface area contributed by atoms with E-state index >= 15 is 0 Å². The van der Waals surface area contributed by atoms with E-state index < -0.39 is 0 Å². The van der Waals surface area contributed by atoms with Crippen molar-refractivity contribution in [2.24, 2.45) is 5.73 Å². The molecule has 0 saturated heterocycles. The second-order valence-electron chi connectivity index (χ2n) is 4.36. The molecule has 0 amide bonds. The van der Waals surface area contributed by atoms with Gasteiger partial charge in [-0.3, -0.25) is 4.90 Å². The van der Waals surface area contributed by atoms with Gasteiger partial charge in [-0.15, -0.1) is 11.3 Å². The van der Waals surface area contributed by atoms with Crippen molar-refractivity contribution in [2.45, 2.75) is 39.3 Å². The lowest BCUT2D eigenvalue weighted by Crippen LogP contribution is -2.42. The quantitative estimate of drug-likeness (QED) is 0.701. The Hall–Kier alpha value is -0.420. The molecule has 2 atom stereocenters. The minimum absolute atomic E-state index is 0.185. The highest BCUT2D eigenvalue weighted by atomic mass is 32.1. The van der Waals surface area contributed by atoms with Gasteiger partial charge in [0.05, 0.1) is 12.6 Å². The minimum atomic E-state index is 0.185. The summed E-state index contributed by atoms with van der Waals surface area (Å²) in [7, 11) is 0. The Labute approximate surface area is 115 Å². The molecule has 1 aromatic rings. The van der Waals surface area contributed by atoms with E-state index in [1.54, 1.807) is 11.3 Å². The molecule has 1 rings (SSSR count). The molecular formula is C14H26N2OS. The van der Waals surface area contributed by atoms with Gasteiger partial charge in [-0.2, -0.15) is 0 Å². The smallest absolute Gasteiger partial charge is 0.0594 e. The average molecular weight is 270 g/mol. The van der Waals surface area contributed by atoms with Crippen LogP contribution in [0.3, 0.4) is 0 Å². The van der Waals surface area contributed by atoms with Gasteiger partial charge in [-0.05, 0) is 31.3 Å². The zero-order valence-corrected chi connectivity index (χ0v) is 12.6. The highest BCUT2D eigenvalue weighted by molar-refractivity contribution is 7.10. The minimum Gasteiger partial charge on any atom is -0.380 e. The van der Waals surface area contributed by atoms with Crippen LogP contribution < -0.4 is 5.73 Å². The zero-order chi connectivity index (χ0) is 13.4. The van der Waals surface area contributed by atoms with Crippen LogP contribution in [-0.4, -0.2) is 37.2 Å². The zero-order valence-electron chi connectivity index (χ0n) is 11.8. The monoisotopic (exact) mass is 270 g/mol. The van der Waals surface area contributed by atoms with Crippen LogP contribution in [0, 0.1) is 0 Å². The third-order valence-electron chi connectivity index (χ3n) is 3.24. The van der Waals surface area contributed by atoms with Gasteiger partial charge in [0.15, 0.2) is 0 Å². The molecule has 2 unspecified atom stereocenters. The average Bonchev–Trinajstić information content (AvgIpc) is 2.90. The van der Waals surface area contributed by atoms with E-state index in [-0.39, 0.29) is 6.04 Å². The molecule has 1 aromatic heterocycles. The maximum Gasteiger partial charge on any atom is 0.0594 e. The summed E-state index contributed by atoms with van der Waals surface area (Å²) in [6.45, 7) is 9.88. The Morgan fingerprint density at radius 3 is 2.67 bits per heavy atom. The largest absolute Gasteiger partial charge is 0.380 e. The molecule has 104 valence electrons. The Morgan fingerprint density at radius 2 is 2.17 bits per heavy atom. The molecular weight excluding hydrogens is 244 g/mol. The second-order valence-corrected chi connectivity index (χ2v) is 5.34. The van der Waals surface area contributed by atoms with Gasteiger partial charge in [0.1, 0.15) is 0 Å². The lowest BCUT2D eigenvalue weighted by atomic mass is 10.0. The molecule has 2 N–H and O–H groups in total. The first-order chi connectivity index (χ1) is 8.74. The fourth-order valence-corrected chi connectivity index (χ4v) is 3.10. The number of nitrogens with zero attached hydrogens (tertiary/aromatic N) is 1. The van der Waals surface area contributed by atoms with Crippen LogP contribution in [0.5, 0.6) is 0 Å². The second kappa shape index (κ2) is 8.64. The van der Waals surface area contributed by atoms with Crippen molar-refractivity contribution in [3.05, 3.63) is 22.4 Å². The summed E-state index contributed by atoms with van der Waals surface area (Å²) in [6, 6.07) is 4.80. The first kappa shape index (κ1) is 15.6. The number of nitrogens with two attached hydrogens (primary N) is 1. The molecule has 0 aliphatic carbocycles. The summed E-state index contributed by atoms with van der Waals surface area (Å²) >= 11 is 1.80. The van der Waals surface area contributed by atoms with Crippen LogP contribution in [-0.2, 0) is 4.74 Å². The normalized spacial score (nSPS) is 14.9. The molecule has 1 heterocycles. The fraction of sp³-hybridized carbons (Fsp3) is 0.714. The SMILES string of the molecule is CCOCCN(CC)C(c1cccs1)C(N)CC. The number of hydrogen-bond acceptors (Lipinski definition) is 4. The molecule has 0 aliphatic rings. The highest BCUT2D eigenvalue weighted by Gasteiger charge is 2.25. The molecule has 3 nitrogen and oxygen atoms in total. The molecule has 4 heteroatoms. The van der Waals surface area contributed by atoms with Gasteiger partial charge >= 0.3 is 0 Å². The van der Waals surface area contributed by atoms with Crippen molar-refractivity contribution in [1.82, 2.24) is 4.90 Å². The first-order valence-corrected chi connectivity index (χ1v) is 7.73. The van der Waals surface area contributed by atoms with Crippen LogP contribution in [0.2, 0.25) is 0 Å².